The molecule has 4 rings (SSSR count). The quantitative estimate of drug-likeness (QED) is 0.138. The van der Waals surface area contributed by atoms with Crippen molar-refractivity contribution in [2.24, 2.45) is 5.73 Å². The number of anilines is 1. The van der Waals surface area contributed by atoms with Gasteiger partial charge in [-0.05, 0) is 65.0 Å². The van der Waals surface area contributed by atoms with E-state index in [4.69, 9.17) is 20.4 Å². The zero-order valence-electron chi connectivity index (χ0n) is 20.4. The Morgan fingerprint density at radius 1 is 0.921 bits per heavy atom. The molecule has 0 aliphatic rings. The number of benzene rings is 4. The molecule has 0 aromatic heterocycles. The van der Waals surface area contributed by atoms with Gasteiger partial charge in [-0.25, -0.2) is 4.79 Å². The number of rotatable bonds is 6. The number of nitrogens with one attached hydrogen (secondary N) is 2. The lowest BCUT2D eigenvalue weighted by molar-refractivity contribution is 0.0697. The number of methoxy groups -OCH3 is 1. The van der Waals surface area contributed by atoms with Gasteiger partial charge in [0.2, 0.25) is 0 Å². The topological polar surface area (TPSA) is 180 Å². The van der Waals surface area contributed by atoms with Crippen LogP contribution in [0.25, 0.3) is 21.9 Å². The molecule has 0 aliphatic carbocycles. The maximum absolute atomic E-state index is 13.1. The van der Waals surface area contributed by atoms with Crippen molar-refractivity contribution in [3.05, 3.63) is 95.6 Å². The van der Waals surface area contributed by atoms with Gasteiger partial charge in [0, 0.05) is 22.2 Å². The summed E-state index contributed by atoms with van der Waals surface area (Å²) in [7, 11) is -2.13. The fraction of sp³-hybridized carbons (Fsp3) is 0.0741. The highest BCUT2D eigenvalue weighted by atomic mass is 32.2. The van der Waals surface area contributed by atoms with Crippen LogP contribution in [0, 0.1) is 5.41 Å². The SMILES string of the molecule is COc1cccc2cc(-c3ccccc3C(=O)Nc3ccc(C(=N)N)cc3)c(C(=O)O)cc12.CS(=O)(=O)O. The molecule has 0 bridgehead atoms. The van der Waals surface area contributed by atoms with E-state index in [1.807, 2.05) is 12.1 Å². The maximum atomic E-state index is 13.1. The average molecular weight is 536 g/mol. The zero-order chi connectivity index (χ0) is 28.0. The van der Waals surface area contributed by atoms with Gasteiger partial charge in [0.1, 0.15) is 11.6 Å². The van der Waals surface area contributed by atoms with Gasteiger partial charge < -0.3 is 20.9 Å². The molecular weight excluding hydrogens is 510 g/mol. The summed E-state index contributed by atoms with van der Waals surface area (Å²) in [6.45, 7) is 0. The van der Waals surface area contributed by atoms with E-state index in [0.717, 1.165) is 5.39 Å². The molecule has 196 valence electrons. The van der Waals surface area contributed by atoms with Gasteiger partial charge in [0.05, 0.1) is 18.9 Å². The Morgan fingerprint density at radius 3 is 2.13 bits per heavy atom. The summed E-state index contributed by atoms with van der Waals surface area (Å²) >= 11 is 0. The summed E-state index contributed by atoms with van der Waals surface area (Å²) in [5, 5.41) is 21.7. The monoisotopic (exact) mass is 535 g/mol. The predicted molar refractivity (Wildman–Crippen MR) is 146 cm³/mol. The number of amidine groups is 1. The summed E-state index contributed by atoms with van der Waals surface area (Å²) in [5.41, 5.74) is 7.88. The van der Waals surface area contributed by atoms with Crippen LogP contribution in [0.1, 0.15) is 26.3 Å². The van der Waals surface area contributed by atoms with Crippen molar-refractivity contribution in [1.29, 1.82) is 5.41 Å². The number of ether oxygens (including phenoxy) is 1. The number of carbonyl (C=O) groups is 2. The first-order valence-corrected chi connectivity index (χ1v) is 12.9. The van der Waals surface area contributed by atoms with E-state index < -0.39 is 16.1 Å². The normalized spacial score (nSPS) is 10.7. The van der Waals surface area contributed by atoms with Gasteiger partial charge in [0.25, 0.3) is 16.0 Å². The molecule has 11 heteroatoms. The fourth-order valence-electron chi connectivity index (χ4n) is 3.72. The number of hydrogen-bond acceptors (Lipinski definition) is 6. The van der Waals surface area contributed by atoms with E-state index >= 15 is 0 Å². The van der Waals surface area contributed by atoms with E-state index in [1.165, 1.54) is 7.11 Å². The van der Waals surface area contributed by atoms with E-state index in [1.54, 1.807) is 66.7 Å². The van der Waals surface area contributed by atoms with Crippen LogP contribution in [-0.2, 0) is 10.1 Å². The molecule has 0 radical (unpaired) electrons. The van der Waals surface area contributed by atoms with E-state index in [9.17, 15) is 23.1 Å². The highest BCUT2D eigenvalue weighted by Crippen LogP contribution is 2.35. The second kappa shape index (κ2) is 11.5. The first-order valence-electron chi connectivity index (χ1n) is 11.0. The lowest BCUT2D eigenvalue weighted by Gasteiger charge is -2.15. The van der Waals surface area contributed by atoms with Crippen LogP contribution in [-0.4, -0.2) is 49.2 Å². The first-order chi connectivity index (χ1) is 17.9. The number of aromatic carboxylic acids is 1. The van der Waals surface area contributed by atoms with Crippen molar-refractivity contribution in [2.45, 2.75) is 0 Å². The molecule has 0 fully saturated rings. The van der Waals surface area contributed by atoms with E-state index in [2.05, 4.69) is 5.32 Å². The van der Waals surface area contributed by atoms with E-state index in [-0.39, 0.29) is 17.3 Å². The minimum Gasteiger partial charge on any atom is -0.496 e. The smallest absolute Gasteiger partial charge is 0.336 e. The highest BCUT2D eigenvalue weighted by Gasteiger charge is 2.20. The Kier molecular flexibility index (Phi) is 8.46. The van der Waals surface area contributed by atoms with Gasteiger partial charge in [-0.3, -0.25) is 14.8 Å². The number of carboxylic acid groups (broad SMARTS) is 1. The lowest BCUT2D eigenvalue weighted by Crippen LogP contribution is -2.14. The average Bonchev–Trinajstić information content (AvgIpc) is 2.86. The Bertz CT molecular complexity index is 1620. The van der Waals surface area contributed by atoms with Gasteiger partial charge >= 0.3 is 5.97 Å². The molecule has 4 aromatic carbocycles. The van der Waals surface area contributed by atoms with Crippen LogP contribution in [0.2, 0.25) is 0 Å². The summed E-state index contributed by atoms with van der Waals surface area (Å²) in [6, 6.07) is 22.2. The zero-order valence-corrected chi connectivity index (χ0v) is 21.2. The van der Waals surface area contributed by atoms with Gasteiger partial charge in [-0.1, -0.05) is 30.3 Å². The molecule has 1 amide bonds. The standard InChI is InChI=1S/C26H21N3O4.CH4O3S/c1-33-23-8-4-5-16-13-21(22(26(31)32)14-20(16)23)18-6-2-3-7-19(18)25(30)29-17-11-9-15(10-12-17)24(27)28;1-5(2,3)4/h2-14H,1H3,(H3,27,28)(H,29,30)(H,31,32);1H3,(H,2,3,4). The van der Waals surface area contributed by atoms with Crippen LogP contribution >= 0.6 is 0 Å². The molecule has 0 saturated heterocycles. The third-order valence-electron chi connectivity index (χ3n) is 5.34. The van der Waals surface area contributed by atoms with Crippen LogP contribution in [0.15, 0.2) is 78.9 Å². The van der Waals surface area contributed by atoms with Crippen molar-refractivity contribution in [3.8, 4) is 16.9 Å². The first kappa shape index (κ1) is 27.8. The maximum Gasteiger partial charge on any atom is 0.336 e. The minimum atomic E-state index is -3.67. The molecule has 0 heterocycles. The summed E-state index contributed by atoms with van der Waals surface area (Å²) in [4.78, 5) is 25.3. The van der Waals surface area contributed by atoms with Crippen molar-refractivity contribution >= 4 is 44.3 Å². The molecule has 0 saturated carbocycles. The molecular formula is C27H25N3O7S. The molecule has 0 spiro atoms. The number of carboxylic acids is 1. The molecule has 0 unspecified atom stereocenters. The summed E-state index contributed by atoms with van der Waals surface area (Å²) in [6.07, 6.45) is 0.715. The molecule has 6 N–H and O–H groups in total. The Labute approximate surface area is 218 Å². The Hall–Kier alpha value is -4.74. The van der Waals surface area contributed by atoms with Crippen molar-refractivity contribution in [1.82, 2.24) is 0 Å². The molecule has 0 atom stereocenters. The number of nitrogens with two attached hydrogens (primary N) is 1. The molecule has 10 nitrogen and oxygen atoms in total. The minimum absolute atomic E-state index is 0.0626. The van der Waals surface area contributed by atoms with Crippen LogP contribution in [0.4, 0.5) is 5.69 Å². The fourth-order valence-corrected chi connectivity index (χ4v) is 3.72. The van der Waals surface area contributed by atoms with Gasteiger partial charge in [-0.15, -0.1) is 0 Å². The number of amides is 1. The lowest BCUT2D eigenvalue weighted by atomic mass is 9.92. The second-order valence-corrected chi connectivity index (χ2v) is 9.57. The highest BCUT2D eigenvalue weighted by molar-refractivity contribution is 7.85. The van der Waals surface area contributed by atoms with Crippen molar-refractivity contribution in [3.63, 3.8) is 0 Å². The molecule has 0 aliphatic heterocycles. The van der Waals surface area contributed by atoms with Crippen molar-refractivity contribution in [2.75, 3.05) is 18.7 Å². The third-order valence-corrected chi connectivity index (χ3v) is 5.34. The number of hydrogen-bond donors (Lipinski definition) is 5. The van der Waals surface area contributed by atoms with Crippen LogP contribution in [0.5, 0.6) is 5.75 Å². The number of fused-ring (bicyclic) bond motifs is 1. The molecule has 38 heavy (non-hydrogen) atoms. The Morgan fingerprint density at radius 2 is 1.55 bits per heavy atom. The predicted octanol–water partition coefficient (Wildman–Crippen LogP) is 4.25. The van der Waals surface area contributed by atoms with Gasteiger partial charge in [0.15, 0.2) is 0 Å². The second-order valence-electron chi connectivity index (χ2n) is 8.11. The number of nitrogen functional groups attached to an aromatic ring is 1. The Balaban J connectivity index is 0.000000732. The van der Waals surface area contributed by atoms with E-state index in [0.29, 0.717) is 45.3 Å². The van der Waals surface area contributed by atoms with Gasteiger partial charge in [-0.2, -0.15) is 8.42 Å². The van der Waals surface area contributed by atoms with Crippen molar-refractivity contribution < 1.29 is 32.4 Å². The molecule has 4 aromatic rings. The summed E-state index contributed by atoms with van der Waals surface area (Å²) < 4.78 is 31.2. The third kappa shape index (κ3) is 6.93. The van der Waals surface area contributed by atoms with Crippen LogP contribution in [0.3, 0.4) is 0 Å². The summed E-state index contributed by atoms with van der Waals surface area (Å²) in [5.74, 6) is -0.981. The number of carbonyl (C=O) groups excluding carboxylic acids is 1. The van der Waals surface area contributed by atoms with Crippen LogP contribution < -0.4 is 15.8 Å². The largest absolute Gasteiger partial charge is 0.496 e.